The Morgan fingerprint density at radius 2 is 2.03 bits per heavy atom. The number of hydrazine groups is 1. The van der Waals surface area contributed by atoms with Gasteiger partial charge in [0.2, 0.25) is 0 Å². The fraction of sp³-hybridized carbons (Fsp3) is 0.292. The van der Waals surface area contributed by atoms with Gasteiger partial charge in [0.25, 0.3) is 0 Å². The molecule has 0 saturated carbocycles. The highest BCUT2D eigenvalue weighted by atomic mass is 16.2. The quantitative estimate of drug-likeness (QED) is 0.475. The highest BCUT2D eigenvalue weighted by Crippen LogP contribution is 2.37. The third kappa shape index (κ3) is 4.28. The van der Waals surface area contributed by atoms with E-state index in [9.17, 15) is 5.11 Å². The van der Waals surface area contributed by atoms with Crippen LogP contribution < -0.4 is 16.9 Å². The number of benzene rings is 2. The number of nitrogens with zero attached hydrogens (tertiary/aromatic N) is 3. The summed E-state index contributed by atoms with van der Waals surface area (Å²) in [6.07, 6.45) is 5.30. The van der Waals surface area contributed by atoms with Gasteiger partial charge in [-0.25, -0.2) is 5.84 Å². The van der Waals surface area contributed by atoms with Crippen molar-refractivity contribution in [2.75, 3.05) is 18.5 Å². The molecule has 2 heterocycles. The zero-order valence-electron chi connectivity index (χ0n) is 18.0. The molecule has 0 radical (unpaired) electrons. The monoisotopic (exact) mass is 418 g/mol. The molecule has 0 aliphatic carbocycles. The maximum absolute atomic E-state index is 9.47. The average Bonchev–Trinajstić information content (AvgIpc) is 3.13. The Balaban J connectivity index is 1.82. The van der Waals surface area contributed by atoms with Gasteiger partial charge in [0, 0.05) is 48.9 Å². The van der Waals surface area contributed by atoms with Gasteiger partial charge in [-0.15, -0.1) is 0 Å². The summed E-state index contributed by atoms with van der Waals surface area (Å²) in [6, 6.07) is 14.6. The lowest BCUT2D eigenvalue weighted by Gasteiger charge is -2.23. The molecule has 31 heavy (non-hydrogen) atoms. The number of fused-ring (bicyclic) bond motifs is 1. The summed E-state index contributed by atoms with van der Waals surface area (Å²) in [5, 5.41) is 19.3. The Bertz CT molecular complexity index is 1100. The summed E-state index contributed by atoms with van der Waals surface area (Å²) < 4.78 is 1.80. The van der Waals surface area contributed by atoms with Crippen LogP contribution in [0.1, 0.15) is 36.1 Å². The van der Waals surface area contributed by atoms with Crippen LogP contribution in [0.2, 0.25) is 0 Å². The summed E-state index contributed by atoms with van der Waals surface area (Å²) in [7, 11) is 1.92. The fourth-order valence-corrected chi connectivity index (χ4v) is 4.28. The molecule has 1 unspecified atom stereocenters. The van der Waals surface area contributed by atoms with Gasteiger partial charge in [-0.1, -0.05) is 30.3 Å². The zero-order chi connectivity index (χ0) is 22.0. The molecule has 2 aromatic carbocycles. The van der Waals surface area contributed by atoms with Gasteiger partial charge in [-0.05, 0) is 48.6 Å². The van der Waals surface area contributed by atoms with Gasteiger partial charge in [0.15, 0.2) is 0 Å². The summed E-state index contributed by atoms with van der Waals surface area (Å²) in [6.45, 7) is 2.67. The number of aryl methyl sites for hydroxylation is 1. The van der Waals surface area contributed by atoms with Crippen molar-refractivity contribution >= 4 is 11.4 Å². The molecule has 1 aliphatic rings. The Kier molecular flexibility index (Phi) is 5.97. The largest absolute Gasteiger partial charge is 0.401 e. The number of aliphatic hydroxyl groups excluding tert-OH is 1. The topological polar surface area (TPSA) is 105 Å². The molecule has 162 valence electrons. The second kappa shape index (κ2) is 8.83. The lowest BCUT2D eigenvalue weighted by Crippen LogP contribution is -2.31. The molecular weight excluding hydrogens is 388 g/mol. The smallest absolute Gasteiger partial charge is 0.0777 e. The standard InChI is InChI=1S/C24H30N6O/c1-16(25)24-20-8-7-18(19-14-27-29(2)15-19)13-21(20)23(9-11-30(24)26)28-22-6-4-3-5-17(22)10-12-31/h3-8,13-15,23,28,31H,9-12,25-26H2,1-2H3/b24-16-. The van der Waals surface area contributed by atoms with Crippen LogP contribution in [-0.4, -0.2) is 33.0 Å². The van der Waals surface area contributed by atoms with Crippen LogP contribution in [0, 0.1) is 0 Å². The van der Waals surface area contributed by atoms with Crippen LogP contribution in [0.15, 0.2) is 60.6 Å². The van der Waals surface area contributed by atoms with E-state index in [1.807, 2.05) is 44.6 Å². The number of hydrogen-bond donors (Lipinski definition) is 4. The second-order valence-electron chi connectivity index (χ2n) is 8.05. The molecule has 7 heteroatoms. The number of hydrogen-bond acceptors (Lipinski definition) is 6. The van der Waals surface area contributed by atoms with E-state index < -0.39 is 0 Å². The number of allylic oxidation sites excluding steroid dienone is 1. The van der Waals surface area contributed by atoms with Crippen LogP contribution in [0.25, 0.3) is 16.8 Å². The van der Waals surface area contributed by atoms with Gasteiger partial charge >= 0.3 is 0 Å². The maximum Gasteiger partial charge on any atom is 0.0777 e. The van der Waals surface area contributed by atoms with Crippen molar-refractivity contribution in [3.63, 3.8) is 0 Å². The van der Waals surface area contributed by atoms with Crippen LogP contribution in [-0.2, 0) is 13.5 Å². The molecule has 0 saturated heterocycles. The van der Waals surface area contributed by atoms with Crippen molar-refractivity contribution in [1.82, 2.24) is 14.8 Å². The molecule has 0 spiro atoms. The highest BCUT2D eigenvalue weighted by molar-refractivity contribution is 5.75. The second-order valence-corrected chi connectivity index (χ2v) is 8.05. The third-order valence-electron chi connectivity index (χ3n) is 5.77. The van der Waals surface area contributed by atoms with Crippen LogP contribution in [0.5, 0.6) is 0 Å². The predicted molar refractivity (Wildman–Crippen MR) is 125 cm³/mol. The minimum absolute atomic E-state index is 0.0364. The minimum atomic E-state index is 0.0364. The molecule has 0 bridgehead atoms. The molecule has 7 nitrogen and oxygen atoms in total. The summed E-state index contributed by atoms with van der Waals surface area (Å²) in [5.74, 6) is 6.40. The van der Waals surface area contributed by atoms with E-state index in [-0.39, 0.29) is 12.6 Å². The van der Waals surface area contributed by atoms with E-state index in [1.165, 1.54) is 0 Å². The van der Waals surface area contributed by atoms with E-state index in [4.69, 9.17) is 11.6 Å². The van der Waals surface area contributed by atoms with Crippen molar-refractivity contribution in [3.8, 4) is 11.1 Å². The third-order valence-corrected chi connectivity index (χ3v) is 5.77. The van der Waals surface area contributed by atoms with Crippen molar-refractivity contribution in [3.05, 3.63) is 77.2 Å². The van der Waals surface area contributed by atoms with Crippen molar-refractivity contribution in [2.24, 2.45) is 18.6 Å². The minimum Gasteiger partial charge on any atom is -0.401 e. The van der Waals surface area contributed by atoms with E-state index in [0.717, 1.165) is 45.6 Å². The number of aliphatic hydroxyl groups is 1. The first kappa shape index (κ1) is 21.0. The number of rotatable bonds is 5. The number of nitrogens with one attached hydrogen (secondary N) is 1. The first-order valence-corrected chi connectivity index (χ1v) is 10.5. The number of aromatic nitrogens is 2. The molecule has 4 rings (SSSR count). The van der Waals surface area contributed by atoms with Crippen molar-refractivity contribution in [2.45, 2.75) is 25.8 Å². The zero-order valence-corrected chi connectivity index (χ0v) is 18.0. The highest BCUT2D eigenvalue weighted by Gasteiger charge is 2.26. The van der Waals surface area contributed by atoms with E-state index in [2.05, 4.69) is 34.7 Å². The Morgan fingerprint density at radius 3 is 2.74 bits per heavy atom. The van der Waals surface area contributed by atoms with Crippen LogP contribution in [0.3, 0.4) is 0 Å². The Morgan fingerprint density at radius 1 is 1.23 bits per heavy atom. The molecule has 3 aromatic rings. The van der Waals surface area contributed by atoms with Crippen molar-refractivity contribution < 1.29 is 5.11 Å². The van der Waals surface area contributed by atoms with Gasteiger partial charge in [0.05, 0.1) is 17.9 Å². The lowest BCUT2D eigenvalue weighted by atomic mass is 9.93. The van der Waals surface area contributed by atoms with Gasteiger partial charge in [0.1, 0.15) is 0 Å². The summed E-state index contributed by atoms with van der Waals surface area (Å²) in [5.41, 5.74) is 14.3. The first-order valence-electron chi connectivity index (χ1n) is 10.5. The summed E-state index contributed by atoms with van der Waals surface area (Å²) >= 11 is 0. The first-order chi connectivity index (χ1) is 15.0. The van der Waals surface area contributed by atoms with E-state index >= 15 is 0 Å². The molecule has 1 aliphatic heterocycles. The SMILES string of the molecule is C/C(N)=C1\c2ccc(-c3cnn(C)c3)cc2C(Nc2ccccc2CCO)CCN1N. The molecule has 0 amide bonds. The van der Waals surface area contributed by atoms with E-state index in [0.29, 0.717) is 18.7 Å². The number of para-hydroxylation sites is 1. The summed E-state index contributed by atoms with van der Waals surface area (Å²) in [4.78, 5) is 0. The predicted octanol–water partition coefficient (Wildman–Crippen LogP) is 3.00. The van der Waals surface area contributed by atoms with Gasteiger partial charge in [-0.3, -0.25) is 4.68 Å². The van der Waals surface area contributed by atoms with Crippen molar-refractivity contribution in [1.29, 1.82) is 0 Å². The molecule has 0 fully saturated rings. The molecule has 6 N–H and O–H groups in total. The normalized spacial score (nSPS) is 17.8. The van der Waals surface area contributed by atoms with E-state index in [1.54, 1.807) is 9.69 Å². The average molecular weight is 419 g/mol. The Hall–Kier alpha value is -3.29. The molecule has 1 aromatic heterocycles. The van der Waals surface area contributed by atoms with Gasteiger partial charge < -0.3 is 21.2 Å². The number of anilines is 1. The Labute approximate surface area is 182 Å². The number of nitrogens with two attached hydrogens (primary N) is 2. The lowest BCUT2D eigenvalue weighted by molar-refractivity contribution is 0.300. The van der Waals surface area contributed by atoms with Crippen LogP contribution in [0.4, 0.5) is 5.69 Å². The maximum atomic E-state index is 9.47. The van der Waals surface area contributed by atoms with Crippen LogP contribution >= 0.6 is 0 Å². The fourth-order valence-electron chi connectivity index (χ4n) is 4.28. The molecular formula is C24H30N6O. The molecule has 1 atom stereocenters. The van der Waals surface area contributed by atoms with Gasteiger partial charge in [-0.2, -0.15) is 5.10 Å².